The fourth-order valence-electron chi connectivity index (χ4n) is 6.03. The van der Waals surface area contributed by atoms with Gasteiger partial charge in [0.05, 0.1) is 17.2 Å². The summed E-state index contributed by atoms with van der Waals surface area (Å²) in [6.07, 6.45) is 7.54. The molecule has 1 atom stereocenters. The first kappa shape index (κ1) is 28.9. The molecule has 0 radical (unpaired) electrons. The van der Waals surface area contributed by atoms with Crippen molar-refractivity contribution in [3.05, 3.63) is 36.7 Å². The zero-order valence-electron chi connectivity index (χ0n) is 25.8. The molecule has 1 aliphatic heterocycles. The molecule has 0 spiro atoms. The van der Waals surface area contributed by atoms with E-state index in [1.807, 2.05) is 52.1 Å². The Labute approximate surface area is 247 Å². The Hall–Kier alpha value is -3.25. The van der Waals surface area contributed by atoms with Crippen LogP contribution < -0.4 is 15.0 Å². The van der Waals surface area contributed by atoms with Crippen molar-refractivity contribution in [2.24, 2.45) is 0 Å². The molecule has 226 valence electrons. The number of hydrogen-bond acceptors (Lipinski definition) is 10. The Morgan fingerprint density at radius 1 is 1.07 bits per heavy atom. The third-order valence-electron chi connectivity index (χ3n) is 8.32. The molecule has 5 heterocycles. The van der Waals surface area contributed by atoms with E-state index in [1.165, 1.54) is 0 Å². The molecule has 0 bridgehead atoms. The molecule has 2 fully saturated rings. The number of pyridine rings is 1. The van der Waals surface area contributed by atoms with Gasteiger partial charge in [-0.15, -0.1) is 5.10 Å². The van der Waals surface area contributed by atoms with Gasteiger partial charge in [0.15, 0.2) is 11.4 Å². The van der Waals surface area contributed by atoms with E-state index in [0.29, 0.717) is 17.7 Å². The van der Waals surface area contributed by atoms with E-state index in [4.69, 9.17) is 28.7 Å². The molecular formula is C31H43N7O4. The highest BCUT2D eigenvalue weighted by Crippen LogP contribution is 2.35. The highest BCUT2D eigenvalue weighted by atomic mass is 16.7. The number of furan rings is 1. The molecule has 6 rings (SSSR count). The van der Waals surface area contributed by atoms with Crippen molar-refractivity contribution in [1.82, 2.24) is 29.8 Å². The maximum atomic E-state index is 6.33. The summed E-state index contributed by atoms with van der Waals surface area (Å²) in [5, 5.41) is 9.24. The minimum absolute atomic E-state index is 0.0464. The maximum Gasteiger partial charge on any atom is 0.232 e. The third-order valence-corrected chi connectivity index (χ3v) is 8.32. The first-order valence-electron chi connectivity index (χ1n) is 14.8. The summed E-state index contributed by atoms with van der Waals surface area (Å²) in [6, 6.07) is 8.43. The van der Waals surface area contributed by atoms with Crippen molar-refractivity contribution in [2.45, 2.75) is 83.1 Å². The molecule has 4 aromatic heterocycles. The Balaban J connectivity index is 1.17. The monoisotopic (exact) mass is 577 g/mol. The summed E-state index contributed by atoms with van der Waals surface area (Å²) in [5.74, 6) is 1.32. The second-order valence-electron chi connectivity index (χ2n) is 12.8. The normalized spacial score (nSPS) is 21.9. The average molecular weight is 578 g/mol. The molecule has 11 nitrogen and oxygen atoms in total. The van der Waals surface area contributed by atoms with Crippen LogP contribution in [-0.4, -0.2) is 88.5 Å². The van der Waals surface area contributed by atoms with Gasteiger partial charge in [-0.1, -0.05) is 0 Å². The van der Waals surface area contributed by atoms with E-state index in [1.54, 1.807) is 17.8 Å². The number of anilines is 1. The smallest absolute Gasteiger partial charge is 0.232 e. The van der Waals surface area contributed by atoms with E-state index in [-0.39, 0.29) is 17.7 Å². The van der Waals surface area contributed by atoms with Crippen molar-refractivity contribution in [3.8, 4) is 17.3 Å². The first-order valence-corrected chi connectivity index (χ1v) is 14.8. The zero-order chi connectivity index (χ0) is 29.6. The van der Waals surface area contributed by atoms with Gasteiger partial charge in [0.1, 0.15) is 23.2 Å². The predicted molar refractivity (Wildman–Crippen MR) is 162 cm³/mol. The standard InChI is InChI=1S/C31H43N7O4/c1-30(2,3)42-31(4,39-7)34-20-16-22(17-20)40-28-9-8-27-33-19-24(38(27)35-28)26-18-23-25(41-26)10-13-32-29(23)37(6)21-11-14-36(5)15-12-21/h8-10,13,18-22,34H,11-12,14-17H2,1-7H3. The number of ether oxygens (including phenoxy) is 3. The minimum atomic E-state index is -0.860. The van der Waals surface area contributed by atoms with Crippen LogP contribution in [0.2, 0.25) is 0 Å². The van der Waals surface area contributed by atoms with E-state index in [0.717, 1.165) is 66.9 Å². The number of imidazole rings is 1. The predicted octanol–water partition coefficient (Wildman–Crippen LogP) is 4.70. The molecule has 42 heavy (non-hydrogen) atoms. The van der Waals surface area contributed by atoms with Gasteiger partial charge in [-0.2, -0.15) is 0 Å². The van der Waals surface area contributed by atoms with Crippen molar-refractivity contribution in [3.63, 3.8) is 0 Å². The van der Waals surface area contributed by atoms with Crippen LogP contribution in [-0.2, 0) is 9.47 Å². The molecule has 0 amide bonds. The summed E-state index contributed by atoms with van der Waals surface area (Å²) < 4.78 is 26.1. The lowest BCUT2D eigenvalue weighted by Crippen LogP contribution is -2.59. The topological polar surface area (TPSA) is 102 Å². The summed E-state index contributed by atoms with van der Waals surface area (Å²) in [5.41, 5.74) is 1.95. The summed E-state index contributed by atoms with van der Waals surface area (Å²) >= 11 is 0. The fourth-order valence-corrected chi connectivity index (χ4v) is 6.03. The van der Waals surface area contributed by atoms with E-state index in [2.05, 4.69) is 40.3 Å². The summed E-state index contributed by atoms with van der Waals surface area (Å²) in [6.45, 7) is 10.1. The highest BCUT2D eigenvalue weighted by molar-refractivity contribution is 5.92. The van der Waals surface area contributed by atoms with E-state index >= 15 is 0 Å². The van der Waals surface area contributed by atoms with Gasteiger partial charge < -0.3 is 28.4 Å². The highest BCUT2D eigenvalue weighted by Gasteiger charge is 2.39. The van der Waals surface area contributed by atoms with E-state index < -0.39 is 5.91 Å². The van der Waals surface area contributed by atoms with Gasteiger partial charge in [0.2, 0.25) is 11.8 Å². The van der Waals surface area contributed by atoms with Crippen LogP contribution in [0, 0.1) is 0 Å². The molecule has 1 unspecified atom stereocenters. The lowest BCUT2D eigenvalue weighted by atomic mass is 9.89. The number of aromatic nitrogens is 4. The van der Waals surface area contributed by atoms with Gasteiger partial charge in [0, 0.05) is 58.3 Å². The lowest BCUT2D eigenvalue weighted by molar-refractivity contribution is -0.281. The number of fused-ring (bicyclic) bond motifs is 2. The Morgan fingerprint density at radius 2 is 1.83 bits per heavy atom. The largest absolute Gasteiger partial charge is 0.473 e. The fraction of sp³-hybridized carbons (Fsp3) is 0.581. The quantitative estimate of drug-likeness (QED) is 0.282. The molecular weight excluding hydrogens is 534 g/mol. The number of likely N-dealkylation sites (tertiary alicyclic amines) is 1. The van der Waals surface area contributed by atoms with Crippen LogP contribution in [0.1, 0.15) is 53.4 Å². The molecule has 2 aliphatic rings. The second kappa shape index (κ2) is 11.1. The molecule has 11 heteroatoms. The van der Waals surface area contributed by atoms with Crippen molar-refractivity contribution in [2.75, 3.05) is 39.2 Å². The number of nitrogens with zero attached hydrogens (tertiary/aromatic N) is 6. The lowest BCUT2D eigenvalue weighted by Gasteiger charge is -2.43. The van der Waals surface area contributed by atoms with Gasteiger partial charge in [-0.05, 0) is 71.9 Å². The Bertz CT molecular complexity index is 1530. The van der Waals surface area contributed by atoms with Crippen LogP contribution in [0.5, 0.6) is 5.88 Å². The SMILES string of the molecule is COC(C)(NC1CC(Oc2ccc3ncc(-c4cc5c(N(C)C6CCN(C)CC6)nccc5o4)n3n2)C1)OC(C)(C)C. The van der Waals surface area contributed by atoms with Crippen molar-refractivity contribution in [1.29, 1.82) is 0 Å². The molecule has 1 saturated heterocycles. The van der Waals surface area contributed by atoms with E-state index in [9.17, 15) is 0 Å². The number of rotatable bonds is 9. The molecule has 1 N–H and O–H groups in total. The van der Waals surface area contributed by atoms with Crippen molar-refractivity contribution >= 4 is 22.4 Å². The van der Waals surface area contributed by atoms with Gasteiger partial charge in [-0.3, -0.25) is 5.32 Å². The van der Waals surface area contributed by atoms with Crippen LogP contribution in [0.25, 0.3) is 28.1 Å². The molecule has 1 saturated carbocycles. The van der Waals surface area contributed by atoms with Crippen LogP contribution in [0.15, 0.2) is 41.1 Å². The Kier molecular flexibility index (Phi) is 7.63. The first-order chi connectivity index (χ1) is 20.0. The Morgan fingerprint density at radius 3 is 2.55 bits per heavy atom. The van der Waals surface area contributed by atoms with Crippen molar-refractivity contribution < 1.29 is 18.6 Å². The van der Waals surface area contributed by atoms with Gasteiger partial charge in [-0.25, -0.2) is 14.5 Å². The second-order valence-corrected chi connectivity index (χ2v) is 12.8. The summed E-state index contributed by atoms with van der Waals surface area (Å²) in [7, 11) is 5.97. The zero-order valence-corrected chi connectivity index (χ0v) is 25.8. The van der Waals surface area contributed by atoms with Crippen LogP contribution >= 0.6 is 0 Å². The van der Waals surface area contributed by atoms with Crippen LogP contribution in [0.3, 0.4) is 0 Å². The molecule has 0 aromatic carbocycles. The minimum Gasteiger partial charge on any atom is -0.473 e. The molecule has 4 aromatic rings. The number of hydrogen-bond donors (Lipinski definition) is 1. The third kappa shape index (κ3) is 5.96. The maximum absolute atomic E-state index is 6.33. The molecule has 1 aliphatic carbocycles. The van der Waals surface area contributed by atoms with Gasteiger partial charge in [0.25, 0.3) is 0 Å². The number of nitrogens with one attached hydrogen (secondary N) is 1. The average Bonchev–Trinajstić information content (AvgIpc) is 3.54. The summed E-state index contributed by atoms with van der Waals surface area (Å²) in [4.78, 5) is 14.0. The number of methoxy groups -OCH3 is 1. The van der Waals surface area contributed by atoms with Gasteiger partial charge >= 0.3 is 0 Å². The number of piperidine rings is 1. The van der Waals surface area contributed by atoms with Crippen LogP contribution in [0.4, 0.5) is 5.82 Å².